The fourth-order valence-electron chi connectivity index (χ4n) is 2.01. The number of thiocarbonyl (C=S) groups is 1. The maximum absolute atomic E-state index is 5.95. The molecule has 2 rings (SSSR count). The summed E-state index contributed by atoms with van der Waals surface area (Å²) in [6.07, 6.45) is 3.42. The normalized spacial score (nSPS) is 10.4. The van der Waals surface area contributed by atoms with Gasteiger partial charge in [0.25, 0.3) is 0 Å². The standard InChI is InChI=1S/C19H21N3OS/c1-3-12-20-19(24)22-21-13-16-9-6-7-11-18(16)23-14-17-10-5-4-8-15(17)2/h3-11,13H,1,12,14H2,2H3,(H2,20,22,24). The highest BCUT2D eigenvalue weighted by Gasteiger charge is 2.03. The number of para-hydroxylation sites is 1. The molecule has 5 heteroatoms. The molecule has 0 saturated heterocycles. The molecular formula is C19H21N3OS. The number of hydrogen-bond donors (Lipinski definition) is 2. The number of ether oxygens (including phenoxy) is 1. The summed E-state index contributed by atoms with van der Waals surface area (Å²) in [6.45, 7) is 6.81. The fraction of sp³-hybridized carbons (Fsp3) is 0.158. The first-order valence-electron chi connectivity index (χ1n) is 7.65. The van der Waals surface area contributed by atoms with Gasteiger partial charge in [-0.3, -0.25) is 5.43 Å². The molecule has 24 heavy (non-hydrogen) atoms. The molecule has 0 unspecified atom stereocenters. The average Bonchev–Trinajstić information content (AvgIpc) is 2.60. The lowest BCUT2D eigenvalue weighted by atomic mass is 10.1. The molecule has 0 aliphatic rings. The minimum absolute atomic E-state index is 0.449. The molecule has 0 bridgehead atoms. The molecule has 2 aromatic rings. The van der Waals surface area contributed by atoms with Crippen molar-refractivity contribution in [1.82, 2.24) is 10.7 Å². The molecule has 0 heterocycles. The highest BCUT2D eigenvalue weighted by Crippen LogP contribution is 2.18. The predicted octanol–water partition coefficient (Wildman–Crippen LogP) is 3.56. The van der Waals surface area contributed by atoms with Crippen molar-refractivity contribution in [3.63, 3.8) is 0 Å². The van der Waals surface area contributed by atoms with Crippen LogP contribution in [0.3, 0.4) is 0 Å². The van der Waals surface area contributed by atoms with E-state index in [0.29, 0.717) is 18.3 Å². The van der Waals surface area contributed by atoms with Crippen molar-refractivity contribution in [3.8, 4) is 5.75 Å². The van der Waals surface area contributed by atoms with E-state index in [1.165, 1.54) is 5.56 Å². The number of nitrogens with one attached hydrogen (secondary N) is 2. The molecule has 0 aromatic heterocycles. The smallest absolute Gasteiger partial charge is 0.187 e. The lowest BCUT2D eigenvalue weighted by molar-refractivity contribution is 0.305. The second-order valence-corrected chi connectivity index (χ2v) is 5.53. The summed E-state index contributed by atoms with van der Waals surface area (Å²) >= 11 is 5.08. The average molecular weight is 339 g/mol. The Balaban J connectivity index is 1.98. The quantitative estimate of drug-likeness (QED) is 0.350. The Labute approximate surface area is 148 Å². The zero-order chi connectivity index (χ0) is 17.2. The second-order valence-electron chi connectivity index (χ2n) is 5.12. The molecule has 0 atom stereocenters. The predicted molar refractivity (Wildman–Crippen MR) is 103 cm³/mol. The molecule has 0 aliphatic heterocycles. The maximum Gasteiger partial charge on any atom is 0.187 e. The van der Waals surface area contributed by atoms with Crippen LogP contribution in [0.15, 0.2) is 66.3 Å². The number of aryl methyl sites for hydroxylation is 1. The van der Waals surface area contributed by atoms with Gasteiger partial charge >= 0.3 is 0 Å². The van der Waals surface area contributed by atoms with Crippen molar-refractivity contribution >= 4 is 23.5 Å². The molecule has 4 nitrogen and oxygen atoms in total. The molecule has 2 aromatic carbocycles. The van der Waals surface area contributed by atoms with E-state index >= 15 is 0 Å². The number of hydrogen-bond acceptors (Lipinski definition) is 3. The zero-order valence-corrected chi connectivity index (χ0v) is 14.5. The minimum atomic E-state index is 0.449. The monoisotopic (exact) mass is 339 g/mol. The Morgan fingerprint density at radius 2 is 1.96 bits per heavy atom. The van der Waals surface area contributed by atoms with E-state index in [0.717, 1.165) is 16.9 Å². The Hall–Kier alpha value is -2.66. The van der Waals surface area contributed by atoms with E-state index in [2.05, 4.69) is 41.5 Å². The van der Waals surface area contributed by atoms with Crippen LogP contribution in [0, 0.1) is 6.92 Å². The van der Waals surface area contributed by atoms with E-state index in [-0.39, 0.29) is 0 Å². The van der Waals surface area contributed by atoms with Crippen LogP contribution in [0.25, 0.3) is 0 Å². The summed E-state index contributed by atoms with van der Waals surface area (Å²) in [5.74, 6) is 0.774. The van der Waals surface area contributed by atoms with Gasteiger partial charge in [-0.25, -0.2) is 0 Å². The van der Waals surface area contributed by atoms with Crippen LogP contribution in [-0.2, 0) is 6.61 Å². The number of hydrazone groups is 1. The number of rotatable bonds is 7. The van der Waals surface area contributed by atoms with Crippen molar-refractivity contribution in [2.45, 2.75) is 13.5 Å². The number of nitrogens with zero attached hydrogens (tertiary/aromatic N) is 1. The maximum atomic E-state index is 5.95. The molecule has 0 fully saturated rings. The van der Waals surface area contributed by atoms with Gasteiger partial charge < -0.3 is 10.1 Å². The van der Waals surface area contributed by atoms with E-state index in [1.807, 2.05) is 36.4 Å². The number of benzene rings is 2. The third kappa shape index (κ3) is 5.52. The first kappa shape index (κ1) is 17.7. The van der Waals surface area contributed by atoms with Crippen molar-refractivity contribution in [2.75, 3.05) is 6.54 Å². The molecule has 0 aliphatic carbocycles. The van der Waals surface area contributed by atoms with Crippen LogP contribution in [0.4, 0.5) is 0 Å². The first-order chi connectivity index (χ1) is 11.7. The SMILES string of the molecule is C=CCNC(=S)NN=Cc1ccccc1OCc1ccccc1C. The fourth-order valence-corrected chi connectivity index (χ4v) is 2.15. The molecule has 0 saturated carbocycles. The minimum Gasteiger partial charge on any atom is -0.488 e. The molecule has 0 amide bonds. The lowest BCUT2D eigenvalue weighted by Crippen LogP contribution is -2.31. The summed E-state index contributed by atoms with van der Waals surface area (Å²) in [4.78, 5) is 0. The topological polar surface area (TPSA) is 45.7 Å². The van der Waals surface area contributed by atoms with Crippen molar-refractivity contribution < 1.29 is 4.74 Å². The Bertz CT molecular complexity index is 728. The largest absolute Gasteiger partial charge is 0.488 e. The Morgan fingerprint density at radius 1 is 1.21 bits per heavy atom. The van der Waals surface area contributed by atoms with Gasteiger partial charge in [-0.05, 0) is 42.4 Å². The molecular weight excluding hydrogens is 318 g/mol. The van der Waals surface area contributed by atoms with Crippen LogP contribution in [-0.4, -0.2) is 17.9 Å². The van der Waals surface area contributed by atoms with E-state index in [4.69, 9.17) is 17.0 Å². The summed E-state index contributed by atoms with van der Waals surface area (Å²) < 4.78 is 5.95. The van der Waals surface area contributed by atoms with E-state index in [1.54, 1.807) is 12.3 Å². The molecule has 0 spiro atoms. The van der Waals surface area contributed by atoms with Crippen LogP contribution >= 0.6 is 12.2 Å². The van der Waals surface area contributed by atoms with E-state index in [9.17, 15) is 0 Å². The van der Waals surface area contributed by atoms with Crippen LogP contribution in [0.2, 0.25) is 0 Å². The van der Waals surface area contributed by atoms with Crippen molar-refractivity contribution in [3.05, 3.63) is 77.9 Å². The van der Waals surface area contributed by atoms with Gasteiger partial charge in [-0.1, -0.05) is 42.5 Å². The van der Waals surface area contributed by atoms with Gasteiger partial charge in [0.2, 0.25) is 0 Å². The molecule has 124 valence electrons. The summed E-state index contributed by atoms with van der Waals surface area (Å²) in [6, 6.07) is 15.9. The second kappa shape index (κ2) is 9.47. The summed E-state index contributed by atoms with van der Waals surface area (Å²) in [5, 5.41) is 7.53. The zero-order valence-electron chi connectivity index (χ0n) is 13.7. The van der Waals surface area contributed by atoms with Gasteiger partial charge in [0.1, 0.15) is 12.4 Å². The molecule has 2 N–H and O–H groups in total. The van der Waals surface area contributed by atoms with Gasteiger partial charge in [0, 0.05) is 12.1 Å². The van der Waals surface area contributed by atoms with Crippen molar-refractivity contribution in [2.24, 2.45) is 5.10 Å². The third-order valence-corrected chi connectivity index (χ3v) is 3.58. The first-order valence-corrected chi connectivity index (χ1v) is 8.05. The summed E-state index contributed by atoms with van der Waals surface area (Å²) in [5.41, 5.74) is 6.02. The van der Waals surface area contributed by atoms with Gasteiger partial charge in [0.05, 0.1) is 6.21 Å². The third-order valence-electron chi connectivity index (χ3n) is 3.34. The van der Waals surface area contributed by atoms with Gasteiger partial charge in [-0.15, -0.1) is 6.58 Å². The molecule has 0 radical (unpaired) electrons. The van der Waals surface area contributed by atoms with Crippen molar-refractivity contribution in [1.29, 1.82) is 0 Å². The van der Waals surface area contributed by atoms with Gasteiger partial charge in [-0.2, -0.15) is 5.10 Å². The Morgan fingerprint density at radius 3 is 2.75 bits per heavy atom. The van der Waals surface area contributed by atoms with E-state index < -0.39 is 0 Å². The highest BCUT2D eigenvalue weighted by atomic mass is 32.1. The highest BCUT2D eigenvalue weighted by molar-refractivity contribution is 7.80. The summed E-state index contributed by atoms with van der Waals surface area (Å²) in [7, 11) is 0. The lowest BCUT2D eigenvalue weighted by Gasteiger charge is -2.10. The van der Waals surface area contributed by atoms with Gasteiger partial charge in [0.15, 0.2) is 5.11 Å². The van der Waals surface area contributed by atoms with Crippen LogP contribution in [0.5, 0.6) is 5.75 Å². The van der Waals surface area contributed by atoms with Crippen LogP contribution in [0.1, 0.15) is 16.7 Å². The van der Waals surface area contributed by atoms with Crippen LogP contribution < -0.4 is 15.5 Å². The Kier molecular flexibility index (Phi) is 6.98.